The number of fused-ring (bicyclic) bond motifs is 1. The highest BCUT2D eigenvalue weighted by atomic mass is 19.2. The van der Waals surface area contributed by atoms with Gasteiger partial charge in [-0.25, -0.2) is 13.2 Å². The van der Waals surface area contributed by atoms with E-state index >= 15 is 0 Å². The van der Waals surface area contributed by atoms with Crippen molar-refractivity contribution in [3.63, 3.8) is 0 Å². The summed E-state index contributed by atoms with van der Waals surface area (Å²) in [6.07, 6.45) is 0.952. The van der Waals surface area contributed by atoms with Crippen LogP contribution < -0.4 is 0 Å². The second kappa shape index (κ2) is 5.24. The number of aryl methyl sites for hydroxylation is 1. The molecule has 3 aromatic rings. The lowest BCUT2D eigenvalue weighted by Gasteiger charge is -2.07. The molecule has 0 unspecified atom stereocenters. The lowest BCUT2D eigenvalue weighted by Crippen LogP contribution is -1.92. The second-order valence-electron chi connectivity index (χ2n) is 4.97. The Morgan fingerprint density at radius 2 is 1.43 bits per heavy atom. The molecule has 3 aromatic carbocycles. The van der Waals surface area contributed by atoms with Crippen molar-refractivity contribution < 1.29 is 13.2 Å². The molecule has 0 saturated heterocycles. The molecule has 0 heterocycles. The minimum absolute atomic E-state index is 0.0860. The van der Waals surface area contributed by atoms with Gasteiger partial charge in [-0.2, -0.15) is 0 Å². The van der Waals surface area contributed by atoms with Crippen LogP contribution in [-0.2, 0) is 6.42 Å². The smallest absolute Gasteiger partial charge is 0.195 e. The summed E-state index contributed by atoms with van der Waals surface area (Å²) >= 11 is 0. The zero-order valence-electron chi connectivity index (χ0n) is 11.5. The molecule has 0 aliphatic carbocycles. The quantitative estimate of drug-likeness (QED) is 0.547. The summed E-state index contributed by atoms with van der Waals surface area (Å²) in [4.78, 5) is 0. The molecule has 0 aliphatic heterocycles. The Balaban J connectivity index is 2.14. The first-order valence-electron chi connectivity index (χ1n) is 6.76. The van der Waals surface area contributed by atoms with Gasteiger partial charge < -0.3 is 0 Å². The third kappa shape index (κ3) is 2.40. The molecule has 0 saturated carbocycles. The Morgan fingerprint density at radius 1 is 0.762 bits per heavy atom. The minimum atomic E-state index is -1.43. The zero-order valence-corrected chi connectivity index (χ0v) is 11.5. The molecule has 0 spiro atoms. The van der Waals surface area contributed by atoms with Crippen LogP contribution in [0.5, 0.6) is 0 Å². The minimum Gasteiger partial charge on any atom is -0.204 e. The van der Waals surface area contributed by atoms with Gasteiger partial charge in [0.15, 0.2) is 17.5 Å². The average molecular weight is 286 g/mol. The van der Waals surface area contributed by atoms with Crippen LogP contribution in [0.2, 0.25) is 0 Å². The van der Waals surface area contributed by atoms with E-state index in [2.05, 4.69) is 6.92 Å². The number of rotatable bonds is 2. The maximum Gasteiger partial charge on any atom is 0.195 e. The van der Waals surface area contributed by atoms with Gasteiger partial charge in [-0.05, 0) is 40.6 Å². The Labute approximate surface area is 120 Å². The van der Waals surface area contributed by atoms with Crippen LogP contribution in [0.25, 0.3) is 21.9 Å². The van der Waals surface area contributed by atoms with E-state index in [4.69, 9.17) is 0 Å². The average Bonchev–Trinajstić information content (AvgIpc) is 2.52. The summed E-state index contributed by atoms with van der Waals surface area (Å²) in [6, 6.07) is 13.9. The van der Waals surface area contributed by atoms with E-state index < -0.39 is 17.5 Å². The molecule has 21 heavy (non-hydrogen) atoms. The fourth-order valence-corrected chi connectivity index (χ4v) is 2.42. The van der Waals surface area contributed by atoms with Crippen molar-refractivity contribution >= 4 is 10.8 Å². The first-order chi connectivity index (χ1) is 10.1. The SMILES string of the molecule is CCc1ccc(-c2ccc3c(F)c(F)c(F)cc3c2)cc1. The fraction of sp³-hybridized carbons (Fsp3) is 0.111. The van der Waals surface area contributed by atoms with Crippen LogP contribution in [-0.4, -0.2) is 0 Å². The predicted octanol–water partition coefficient (Wildman–Crippen LogP) is 5.49. The van der Waals surface area contributed by atoms with Crippen LogP contribution in [0.4, 0.5) is 13.2 Å². The van der Waals surface area contributed by atoms with Crippen LogP contribution in [0.1, 0.15) is 12.5 Å². The van der Waals surface area contributed by atoms with E-state index in [1.165, 1.54) is 11.6 Å². The molecule has 0 radical (unpaired) electrons. The maximum absolute atomic E-state index is 13.7. The van der Waals surface area contributed by atoms with E-state index in [0.717, 1.165) is 23.6 Å². The molecule has 0 bridgehead atoms. The molecule has 0 nitrogen and oxygen atoms in total. The van der Waals surface area contributed by atoms with Gasteiger partial charge in [-0.3, -0.25) is 0 Å². The van der Waals surface area contributed by atoms with Crippen molar-refractivity contribution in [2.24, 2.45) is 0 Å². The van der Waals surface area contributed by atoms with Gasteiger partial charge in [0.25, 0.3) is 0 Å². The van der Waals surface area contributed by atoms with Crippen molar-refractivity contribution in [2.75, 3.05) is 0 Å². The summed E-state index contributed by atoms with van der Waals surface area (Å²) in [5, 5.41) is 0.436. The molecule has 106 valence electrons. The van der Waals surface area contributed by atoms with Crippen LogP contribution in [0, 0.1) is 17.5 Å². The first-order valence-corrected chi connectivity index (χ1v) is 6.76. The lowest BCUT2D eigenvalue weighted by molar-refractivity contribution is 0.453. The number of halogens is 3. The second-order valence-corrected chi connectivity index (χ2v) is 4.97. The fourth-order valence-electron chi connectivity index (χ4n) is 2.42. The molecule has 0 fully saturated rings. The van der Waals surface area contributed by atoms with Crippen molar-refractivity contribution in [1.29, 1.82) is 0 Å². The van der Waals surface area contributed by atoms with Gasteiger partial charge in [0.2, 0.25) is 0 Å². The highest BCUT2D eigenvalue weighted by Crippen LogP contribution is 2.28. The standard InChI is InChI=1S/C18H13F3/c1-2-11-3-5-12(6-4-11)13-7-8-15-14(9-13)10-16(19)18(21)17(15)20/h3-10H,2H2,1H3. The Morgan fingerprint density at radius 3 is 2.10 bits per heavy atom. The van der Waals surface area contributed by atoms with E-state index in [9.17, 15) is 13.2 Å². The van der Waals surface area contributed by atoms with Gasteiger partial charge in [0.05, 0.1) is 0 Å². The first kappa shape index (κ1) is 13.7. The van der Waals surface area contributed by atoms with Crippen molar-refractivity contribution in [2.45, 2.75) is 13.3 Å². The third-order valence-corrected chi connectivity index (χ3v) is 3.67. The molecule has 0 amide bonds. The van der Waals surface area contributed by atoms with Gasteiger partial charge in [-0.15, -0.1) is 0 Å². The topological polar surface area (TPSA) is 0 Å². The summed E-state index contributed by atoms with van der Waals surface area (Å²) < 4.78 is 40.2. The molecule has 3 rings (SSSR count). The predicted molar refractivity (Wildman–Crippen MR) is 78.6 cm³/mol. The monoisotopic (exact) mass is 286 g/mol. The van der Waals surface area contributed by atoms with Crippen molar-refractivity contribution in [3.8, 4) is 11.1 Å². The largest absolute Gasteiger partial charge is 0.204 e. The molecule has 0 aromatic heterocycles. The maximum atomic E-state index is 13.7. The Hall–Kier alpha value is -2.29. The van der Waals surface area contributed by atoms with Crippen LogP contribution >= 0.6 is 0 Å². The molecular formula is C18H13F3. The number of benzene rings is 3. The van der Waals surface area contributed by atoms with Crippen LogP contribution in [0.3, 0.4) is 0 Å². The molecular weight excluding hydrogens is 273 g/mol. The van der Waals surface area contributed by atoms with Gasteiger partial charge in [0.1, 0.15) is 0 Å². The van der Waals surface area contributed by atoms with E-state index in [1.807, 2.05) is 24.3 Å². The van der Waals surface area contributed by atoms with Crippen molar-refractivity contribution in [1.82, 2.24) is 0 Å². The Bertz CT molecular complexity index is 805. The van der Waals surface area contributed by atoms with E-state index in [-0.39, 0.29) is 5.39 Å². The van der Waals surface area contributed by atoms with Gasteiger partial charge in [0, 0.05) is 5.39 Å². The third-order valence-electron chi connectivity index (χ3n) is 3.67. The van der Waals surface area contributed by atoms with E-state index in [1.54, 1.807) is 12.1 Å². The molecule has 0 atom stereocenters. The van der Waals surface area contributed by atoms with Crippen molar-refractivity contribution in [3.05, 3.63) is 71.5 Å². The summed E-state index contributed by atoms with van der Waals surface area (Å²) in [5.41, 5.74) is 3.02. The summed E-state index contributed by atoms with van der Waals surface area (Å²) in [7, 11) is 0. The summed E-state index contributed by atoms with van der Waals surface area (Å²) in [6.45, 7) is 2.07. The van der Waals surface area contributed by atoms with E-state index in [0.29, 0.717) is 5.39 Å². The van der Waals surface area contributed by atoms with Gasteiger partial charge in [-0.1, -0.05) is 43.3 Å². The Kier molecular flexibility index (Phi) is 3.42. The zero-order chi connectivity index (χ0) is 15.0. The number of hydrogen-bond donors (Lipinski definition) is 0. The molecule has 0 N–H and O–H groups in total. The number of hydrogen-bond acceptors (Lipinski definition) is 0. The highest BCUT2D eigenvalue weighted by Gasteiger charge is 2.13. The highest BCUT2D eigenvalue weighted by molar-refractivity contribution is 5.88. The van der Waals surface area contributed by atoms with Crippen LogP contribution in [0.15, 0.2) is 48.5 Å². The lowest BCUT2D eigenvalue weighted by atomic mass is 9.99. The molecule has 3 heteroatoms. The normalized spacial score (nSPS) is 11.0. The van der Waals surface area contributed by atoms with Gasteiger partial charge >= 0.3 is 0 Å². The summed E-state index contributed by atoms with van der Waals surface area (Å²) in [5.74, 6) is -3.74. The molecule has 0 aliphatic rings.